The number of aliphatic hydroxyl groups is 1. The zero-order chi connectivity index (χ0) is 10.5. The molecule has 4 heteroatoms. The lowest BCUT2D eigenvalue weighted by atomic mass is 9.89. The number of halogens is 1. The van der Waals surface area contributed by atoms with Crippen LogP contribution in [0.1, 0.15) is 12.8 Å². The zero-order valence-corrected chi connectivity index (χ0v) is 9.11. The minimum Gasteiger partial charge on any atom is -0.386 e. The van der Waals surface area contributed by atoms with Crippen molar-refractivity contribution in [2.45, 2.75) is 18.4 Å². The van der Waals surface area contributed by atoms with Crippen molar-refractivity contribution in [3.63, 3.8) is 0 Å². The van der Waals surface area contributed by atoms with Crippen molar-refractivity contribution in [3.8, 4) is 0 Å². The molecule has 0 amide bonds. The first kappa shape index (κ1) is 9.43. The molecule has 0 atom stereocenters. The average molecular weight is 225 g/mol. The Bertz CT molecular complexity index is 369. The second-order valence-electron chi connectivity index (χ2n) is 4.57. The lowest BCUT2D eigenvalue weighted by molar-refractivity contribution is -0.00973. The molecule has 0 unspecified atom stereocenters. The molecule has 0 spiro atoms. The second kappa shape index (κ2) is 3.09. The lowest BCUT2D eigenvalue weighted by Gasteiger charge is -2.47. The summed E-state index contributed by atoms with van der Waals surface area (Å²) in [5.41, 5.74) is -0.443. The van der Waals surface area contributed by atoms with Crippen LogP contribution in [0, 0.1) is 5.92 Å². The van der Waals surface area contributed by atoms with Gasteiger partial charge >= 0.3 is 0 Å². The van der Waals surface area contributed by atoms with Crippen LogP contribution in [0.3, 0.4) is 0 Å². The molecule has 80 valence electrons. The number of hydrogen-bond donors (Lipinski definition) is 1. The Morgan fingerprint density at radius 1 is 1.40 bits per heavy atom. The number of β-amino-alcohol motifs (C(OH)–C–C–N with tert-alkyl or cyclic N) is 1. The van der Waals surface area contributed by atoms with E-state index < -0.39 is 5.60 Å². The van der Waals surface area contributed by atoms with E-state index in [9.17, 15) is 5.11 Å². The van der Waals surface area contributed by atoms with E-state index >= 15 is 0 Å². The first-order valence-electron chi connectivity index (χ1n) is 5.26. The van der Waals surface area contributed by atoms with E-state index in [1.54, 1.807) is 6.20 Å². The van der Waals surface area contributed by atoms with E-state index in [0.29, 0.717) is 24.0 Å². The van der Waals surface area contributed by atoms with Gasteiger partial charge in [-0.3, -0.25) is 0 Å². The highest BCUT2D eigenvalue weighted by molar-refractivity contribution is 6.30. The molecule has 15 heavy (non-hydrogen) atoms. The van der Waals surface area contributed by atoms with Crippen LogP contribution in [0.25, 0.3) is 0 Å². The van der Waals surface area contributed by atoms with Gasteiger partial charge in [-0.1, -0.05) is 11.6 Å². The summed E-state index contributed by atoms with van der Waals surface area (Å²) in [7, 11) is 0. The molecule has 0 aromatic carbocycles. The van der Waals surface area contributed by atoms with E-state index in [-0.39, 0.29) is 0 Å². The third-order valence-electron chi connectivity index (χ3n) is 3.30. The van der Waals surface area contributed by atoms with E-state index in [2.05, 4.69) is 9.88 Å². The van der Waals surface area contributed by atoms with Gasteiger partial charge < -0.3 is 10.0 Å². The van der Waals surface area contributed by atoms with Gasteiger partial charge in [-0.2, -0.15) is 0 Å². The van der Waals surface area contributed by atoms with Crippen molar-refractivity contribution in [2.75, 3.05) is 18.0 Å². The molecule has 1 aromatic heterocycles. The molecule has 1 aliphatic heterocycles. The Hall–Kier alpha value is -0.800. The number of aromatic nitrogens is 1. The van der Waals surface area contributed by atoms with Crippen LogP contribution in [-0.2, 0) is 0 Å². The van der Waals surface area contributed by atoms with Gasteiger partial charge in [0.15, 0.2) is 0 Å². The van der Waals surface area contributed by atoms with Gasteiger partial charge in [0.05, 0.1) is 18.1 Å². The van der Waals surface area contributed by atoms with Gasteiger partial charge in [-0.25, -0.2) is 4.98 Å². The maximum absolute atomic E-state index is 10.1. The third kappa shape index (κ3) is 1.60. The van der Waals surface area contributed by atoms with Gasteiger partial charge in [-0.15, -0.1) is 0 Å². The quantitative estimate of drug-likeness (QED) is 0.831. The van der Waals surface area contributed by atoms with Crippen LogP contribution in [0.2, 0.25) is 5.02 Å². The minimum atomic E-state index is -0.443. The maximum atomic E-state index is 10.1. The lowest BCUT2D eigenvalue weighted by Crippen LogP contribution is -2.63. The SMILES string of the molecule is OC1(C2CC2)CN(c2ccc(Cl)cn2)C1. The second-order valence-corrected chi connectivity index (χ2v) is 5.00. The van der Waals surface area contributed by atoms with Crippen molar-refractivity contribution in [2.24, 2.45) is 5.92 Å². The third-order valence-corrected chi connectivity index (χ3v) is 3.53. The monoisotopic (exact) mass is 224 g/mol. The normalized spacial score (nSPS) is 23.7. The molecular weight excluding hydrogens is 212 g/mol. The molecule has 3 rings (SSSR count). The van der Waals surface area contributed by atoms with Crippen LogP contribution in [0.4, 0.5) is 5.82 Å². The highest BCUT2D eigenvalue weighted by Gasteiger charge is 2.52. The van der Waals surface area contributed by atoms with Crippen LogP contribution < -0.4 is 4.90 Å². The first-order valence-corrected chi connectivity index (χ1v) is 5.64. The molecule has 2 aliphatic rings. The molecule has 1 aliphatic carbocycles. The van der Waals surface area contributed by atoms with E-state index in [4.69, 9.17) is 11.6 Å². The highest BCUT2D eigenvalue weighted by Crippen LogP contribution is 2.45. The molecular formula is C11H13ClN2O. The number of anilines is 1. The number of hydrogen-bond acceptors (Lipinski definition) is 3. The molecule has 0 radical (unpaired) electrons. The van der Waals surface area contributed by atoms with E-state index in [1.165, 1.54) is 12.8 Å². The molecule has 1 saturated heterocycles. The van der Waals surface area contributed by atoms with Crippen LogP contribution in [0.5, 0.6) is 0 Å². The minimum absolute atomic E-state index is 0.443. The Morgan fingerprint density at radius 3 is 2.67 bits per heavy atom. The summed E-state index contributed by atoms with van der Waals surface area (Å²) >= 11 is 5.76. The van der Waals surface area contributed by atoms with Crippen molar-refractivity contribution in [3.05, 3.63) is 23.4 Å². The molecule has 0 bridgehead atoms. The Labute approximate surface area is 93.7 Å². The van der Waals surface area contributed by atoms with E-state index in [1.807, 2.05) is 12.1 Å². The molecule has 1 saturated carbocycles. The summed E-state index contributed by atoms with van der Waals surface area (Å²) in [6, 6.07) is 3.73. The van der Waals surface area contributed by atoms with Crippen molar-refractivity contribution in [1.82, 2.24) is 4.98 Å². The molecule has 2 fully saturated rings. The topological polar surface area (TPSA) is 36.4 Å². The summed E-state index contributed by atoms with van der Waals surface area (Å²) in [6.45, 7) is 1.43. The molecule has 1 aromatic rings. The fourth-order valence-electron chi connectivity index (χ4n) is 2.21. The van der Waals surface area contributed by atoms with Gasteiger partial charge in [-0.05, 0) is 30.9 Å². The Morgan fingerprint density at radius 2 is 2.13 bits per heavy atom. The van der Waals surface area contributed by atoms with Crippen LogP contribution in [-0.4, -0.2) is 28.8 Å². The van der Waals surface area contributed by atoms with Gasteiger partial charge in [0.1, 0.15) is 11.4 Å². The van der Waals surface area contributed by atoms with Crippen molar-refractivity contribution < 1.29 is 5.11 Å². The number of rotatable bonds is 2. The van der Waals surface area contributed by atoms with Gasteiger partial charge in [0.25, 0.3) is 0 Å². The molecule has 3 nitrogen and oxygen atoms in total. The highest BCUT2D eigenvalue weighted by atomic mass is 35.5. The zero-order valence-electron chi connectivity index (χ0n) is 8.36. The van der Waals surface area contributed by atoms with Gasteiger partial charge in [0.2, 0.25) is 0 Å². The summed E-state index contributed by atoms with van der Waals surface area (Å²) < 4.78 is 0. The van der Waals surface area contributed by atoms with Crippen molar-refractivity contribution in [1.29, 1.82) is 0 Å². The Kier molecular flexibility index (Phi) is 1.94. The average Bonchev–Trinajstić information content (AvgIpc) is 2.98. The summed E-state index contributed by atoms with van der Waals surface area (Å²) in [6.07, 6.45) is 4.00. The summed E-state index contributed by atoms with van der Waals surface area (Å²) in [4.78, 5) is 6.32. The fourth-order valence-corrected chi connectivity index (χ4v) is 2.32. The first-order chi connectivity index (χ1) is 7.17. The number of nitrogens with zero attached hydrogens (tertiary/aromatic N) is 2. The predicted molar refractivity (Wildman–Crippen MR) is 59.1 cm³/mol. The predicted octanol–water partition coefficient (Wildman–Crippen LogP) is 1.70. The largest absolute Gasteiger partial charge is 0.386 e. The molecule has 1 N–H and O–H groups in total. The van der Waals surface area contributed by atoms with Crippen LogP contribution in [0.15, 0.2) is 18.3 Å². The van der Waals surface area contributed by atoms with Gasteiger partial charge in [0, 0.05) is 6.20 Å². The standard InChI is InChI=1S/C11H13ClN2O/c12-9-3-4-10(13-5-9)14-6-11(15,7-14)8-1-2-8/h3-5,8,15H,1-2,6-7H2. The number of pyridine rings is 1. The Balaban J connectivity index is 1.69. The van der Waals surface area contributed by atoms with Crippen LogP contribution >= 0.6 is 11.6 Å². The van der Waals surface area contributed by atoms with Crippen molar-refractivity contribution >= 4 is 17.4 Å². The summed E-state index contributed by atoms with van der Waals surface area (Å²) in [5, 5.41) is 10.8. The van der Waals surface area contributed by atoms with E-state index in [0.717, 1.165) is 5.82 Å². The smallest absolute Gasteiger partial charge is 0.128 e. The summed E-state index contributed by atoms with van der Waals surface area (Å²) in [5.74, 6) is 1.44. The molecule has 2 heterocycles. The maximum Gasteiger partial charge on any atom is 0.128 e. The fraction of sp³-hybridized carbons (Fsp3) is 0.545.